The van der Waals surface area contributed by atoms with Crippen LogP contribution >= 0.6 is 7.51 Å². The molecule has 41 heavy (non-hydrogen) atoms. The number of hydrogen-bond donors (Lipinski definition) is 3. The van der Waals surface area contributed by atoms with E-state index in [1.54, 1.807) is 0 Å². The summed E-state index contributed by atoms with van der Waals surface area (Å²) in [5.41, 5.74) is 3.88. The van der Waals surface area contributed by atoms with E-state index in [9.17, 15) is 0 Å². The van der Waals surface area contributed by atoms with E-state index < -0.39 is 7.51 Å². The summed E-state index contributed by atoms with van der Waals surface area (Å²) in [6, 6.07) is 40.5. The van der Waals surface area contributed by atoms with Crippen LogP contribution in [0, 0.1) is 0 Å². The molecule has 0 atom stereocenters. The average Bonchev–Trinajstić information content (AvgIpc) is 3.76. The van der Waals surface area contributed by atoms with Crippen molar-refractivity contribution in [1.29, 1.82) is 0 Å². The summed E-state index contributed by atoms with van der Waals surface area (Å²) in [5.74, 6) is 0. The number of ether oxygens (including phenoxy) is 2. The van der Waals surface area contributed by atoms with Gasteiger partial charge in [-0.25, -0.2) is 4.74 Å². The minimum Gasteiger partial charge on any atom is -1.00 e. The molecule has 0 amide bonds. The minimum atomic E-state index is -2.51. The fourth-order valence-corrected chi connectivity index (χ4v) is 6.31. The summed E-state index contributed by atoms with van der Waals surface area (Å²) in [5, 5.41) is 11.0. The normalized spacial score (nSPS) is 13.5. The maximum Gasteiger partial charge on any atom is 1.00 e. The standard InChI is InChI=1S/C24H23N4P.2C4H8O.ClH.Li/c1-5-13-21(14-6-1)25-29(26-22-15-7-2-8-16-22,27-23-17-9-3-10-18-23)28-24-19-11-4-12-20-24;2*1-2-4-5-3-1;;/h1-20,25-27H;2*1-4H2;1H;/q;;;;+1/p-1. The van der Waals surface area contributed by atoms with Crippen LogP contribution < -0.4 is 46.5 Å². The first-order valence-corrected chi connectivity index (χ1v) is 15.4. The Morgan fingerprint density at radius 2 is 0.756 bits per heavy atom. The Hall–Kier alpha value is -2.68. The molecular formula is C32H39ClLiN4O2P. The van der Waals surface area contributed by atoms with Crippen LogP contribution in [0.1, 0.15) is 25.7 Å². The van der Waals surface area contributed by atoms with Gasteiger partial charge in [0.25, 0.3) is 0 Å². The third-order valence-corrected chi connectivity index (χ3v) is 8.15. The topological polar surface area (TPSA) is 66.9 Å². The molecule has 2 aliphatic rings. The zero-order valence-corrected chi connectivity index (χ0v) is 25.4. The Bertz CT molecular complexity index is 1110. The van der Waals surface area contributed by atoms with Crippen molar-refractivity contribution in [1.82, 2.24) is 0 Å². The van der Waals surface area contributed by atoms with E-state index in [1.807, 2.05) is 84.9 Å². The number of rotatable bonds is 7. The number of halogens is 1. The van der Waals surface area contributed by atoms with Crippen LogP contribution in [0.5, 0.6) is 0 Å². The number of benzene rings is 4. The van der Waals surface area contributed by atoms with Crippen molar-refractivity contribution in [2.45, 2.75) is 25.7 Å². The zero-order chi connectivity index (χ0) is 26.9. The first-order chi connectivity index (χ1) is 19.3. The molecule has 2 aliphatic heterocycles. The Kier molecular flexibility index (Phi) is 17.0. The van der Waals surface area contributed by atoms with Gasteiger partial charge in [0.1, 0.15) is 0 Å². The maximum absolute atomic E-state index is 5.15. The van der Waals surface area contributed by atoms with Gasteiger partial charge in [-0.3, -0.25) is 0 Å². The fourth-order valence-electron chi connectivity index (χ4n) is 3.95. The molecule has 3 N–H and O–H groups in total. The number of nitrogens with one attached hydrogen (secondary N) is 3. The van der Waals surface area contributed by atoms with Crippen molar-refractivity contribution < 1.29 is 40.7 Å². The Morgan fingerprint density at radius 3 is 1.02 bits per heavy atom. The summed E-state index contributed by atoms with van der Waals surface area (Å²) in [4.78, 5) is 0. The van der Waals surface area contributed by atoms with Crippen LogP contribution in [0.4, 0.5) is 22.7 Å². The maximum atomic E-state index is 5.15. The molecule has 2 saturated heterocycles. The van der Waals surface area contributed by atoms with Gasteiger partial charge < -0.3 is 37.1 Å². The Balaban J connectivity index is 0.000000412. The molecule has 4 aromatic rings. The molecule has 0 unspecified atom stereocenters. The molecule has 2 heterocycles. The van der Waals surface area contributed by atoms with Gasteiger partial charge in [-0.1, -0.05) is 72.8 Å². The molecule has 0 aliphatic carbocycles. The van der Waals surface area contributed by atoms with Gasteiger partial charge in [-0.15, -0.1) is 0 Å². The zero-order valence-electron chi connectivity index (χ0n) is 23.8. The van der Waals surface area contributed by atoms with Crippen molar-refractivity contribution in [3.63, 3.8) is 0 Å². The third-order valence-electron chi connectivity index (χ3n) is 5.87. The third kappa shape index (κ3) is 13.2. The second kappa shape index (κ2) is 20.2. The molecule has 212 valence electrons. The summed E-state index contributed by atoms with van der Waals surface area (Å²) in [6.45, 7) is 4.00. The predicted molar refractivity (Wildman–Crippen MR) is 166 cm³/mol. The largest absolute Gasteiger partial charge is 1.00 e. The fraction of sp³-hybridized carbons (Fsp3) is 0.250. The van der Waals surface area contributed by atoms with Crippen molar-refractivity contribution in [2.24, 2.45) is 4.74 Å². The molecule has 0 bridgehead atoms. The molecule has 6 rings (SSSR count). The predicted octanol–water partition coefficient (Wildman–Crippen LogP) is 3.20. The van der Waals surface area contributed by atoms with E-state index >= 15 is 0 Å². The van der Waals surface area contributed by atoms with Crippen molar-refractivity contribution in [3.8, 4) is 0 Å². The SMILES string of the molecule is C1CCOC1.C1CCOC1.[Cl-].[Li+].c1ccc(N=P(Nc2ccccc2)(Nc2ccccc2)Nc2ccccc2)cc1. The van der Waals surface area contributed by atoms with Crippen molar-refractivity contribution in [3.05, 3.63) is 121 Å². The minimum absolute atomic E-state index is 0. The van der Waals surface area contributed by atoms with E-state index in [0.29, 0.717) is 0 Å². The van der Waals surface area contributed by atoms with Gasteiger partial charge >= 0.3 is 18.9 Å². The Labute approximate surface area is 263 Å². The van der Waals surface area contributed by atoms with Gasteiger partial charge in [0.2, 0.25) is 7.51 Å². The molecular weight excluding hydrogens is 546 g/mol. The van der Waals surface area contributed by atoms with Crippen LogP contribution in [0.25, 0.3) is 0 Å². The number of para-hydroxylation sites is 3. The van der Waals surface area contributed by atoms with Crippen LogP contribution in [0.2, 0.25) is 0 Å². The van der Waals surface area contributed by atoms with Gasteiger partial charge in [-0.05, 0) is 74.2 Å². The molecule has 4 aromatic carbocycles. The van der Waals surface area contributed by atoms with Gasteiger partial charge in [-0.2, -0.15) is 0 Å². The monoisotopic (exact) mass is 584 g/mol. The van der Waals surface area contributed by atoms with E-state index in [1.165, 1.54) is 25.7 Å². The van der Waals surface area contributed by atoms with Gasteiger partial charge in [0, 0.05) is 43.5 Å². The van der Waals surface area contributed by atoms with Crippen molar-refractivity contribution >= 4 is 30.3 Å². The van der Waals surface area contributed by atoms with Crippen LogP contribution in [-0.2, 0) is 9.47 Å². The summed E-state index contributed by atoms with van der Waals surface area (Å²) < 4.78 is 15.0. The van der Waals surface area contributed by atoms with E-state index in [0.717, 1.165) is 49.2 Å². The summed E-state index contributed by atoms with van der Waals surface area (Å²) >= 11 is 0. The number of nitrogens with zero attached hydrogens (tertiary/aromatic N) is 1. The van der Waals surface area contributed by atoms with Gasteiger partial charge in [0.15, 0.2) is 0 Å². The summed E-state index contributed by atoms with van der Waals surface area (Å²) in [6.07, 6.45) is 5.11. The molecule has 0 aromatic heterocycles. The number of hydrogen-bond acceptors (Lipinski definition) is 3. The molecule has 9 heteroatoms. The summed E-state index contributed by atoms with van der Waals surface area (Å²) in [7, 11) is -2.51. The molecule has 6 nitrogen and oxygen atoms in total. The molecule has 0 spiro atoms. The smallest absolute Gasteiger partial charge is 1.00 e. The van der Waals surface area contributed by atoms with E-state index in [4.69, 9.17) is 14.2 Å². The second-order valence-corrected chi connectivity index (χ2v) is 11.3. The van der Waals surface area contributed by atoms with E-state index in [2.05, 4.69) is 51.7 Å². The number of anilines is 3. The van der Waals surface area contributed by atoms with Crippen LogP contribution in [0.3, 0.4) is 0 Å². The first-order valence-electron chi connectivity index (χ1n) is 13.6. The van der Waals surface area contributed by atoms with E-state index in [-0.39, 0.29) is 31.3 Å². The molecule has 0 saturated carbocycles. The van der Waals surface area contributed by atoms with Crippen LogP contribution in [-0.4, -0.2) is 26.4 Å². The average molecular weight is 585 g/mol. The van der Waals surface area contributed by atoms with Crippen LogP contribution in [0.15, 0.2) is 126 Å². The second-order valence-electron chi connectivity index (χ2n) is 9.14. The Morgan fingerprint density at radius 1 is 0.463 bits per heavy atom. The van der Waals surface area contributed by atoms with Gasteiger partial charge in [0.05, 0.1) is 5.69 Å². The first kappa shape index (κ1) is 34.5. The quantitative estimate of drug-likeness (QED) is 0.230. The molecule has 2 fully saturated rings. The molecule has 0 radical (unpaired) electrons. The van der Waals surface area contributed by atoms with Crippen molar-refractivity contribution in [2.75, 3.05) is 41.7 Å².